The number of nitrogens with zero attached hydrogens (tertiary/aromatic N) is 1. The lowest BCUT2D eigenvalue weighted by Gasteiger charge is -2.11. The minimum atomic E-state index is -0.558. The van der Waals surface area contributed by atoms with E-state index in [0.717, 1.165) is 11.3 Å². The first-order valence-electron chi connectivity index (χ1n) is 7.74. The van der Waals surface area contributed by atoms with Crippen molar-refractivity contribution in [1.82, 2.24) is 0 Å². The van der Waals surface area contributed by atoms with Crippen LogP contribution in [-0.4, -0.2) is 27.3 Å². The van der Waals surface area contributed by atoms with Crippen molar-refractivity contribution in [3.63, 3.8) is 0 Å². The number of hydrogen-bond acceptors (Lipinski definition) is 8. The fourth-order valence-corrected chi connectivity index (χ4v) is 3.92. The molecule has 0 bridgehead atoms. The highest BCUT2D eigenvalue weighted by atomic mass is 32.1. The van der Waals surface area contributed by atoms with Crippen LogP contribution < -0.4 is 25.9 Å². The quantitative estimate of drug-likeness (QED) is 0.657. The van der Waals surface area contributed by atoms with E-state index in [1.807, 2.05) is 0 Å². The van der Waals surface area contributed by atoms with Crippen LogP contribution >= 0.6 is 11.3 Å². The molecule has 0 saturated heterocycles. The molecule has 3 rings (SSSR count). The number of methoxy groups -OCH3 is 3. The van der Waals surface area contributed by atoms with Gasteiger partial charge in [-0.05, 0) is 17.7 Å². The summed E-state index contributed by atoms with van der Waals surface area (Å²) in [7, 11) is 4.33. The molecule has 0 aliphatic carbocycles. The molecular weight excluding hydrogens is 368 g/mol. The number of nitrogens with one attached hydrogen (secondary N) is 1. The Hall–Kier alpha value is -3.51. The molecule has 0 saturated carbocycles. The molecule has 0 atom stereocenters. The van der Waals surface area contributed by atoms with E-state index in [9.17, 15) is 10.1 Å². The predicted octanol–water partition coefficient (Wildman–Crippen LogP) is 2.22. The predicted molar refractivity (Wildman–Crippen MR) is 102 cm³/mol. The summed E-state index contributed by atoms with van der Waals surface area (Å²) in [5, 5.41) is 10.2. The second kappa shape index (κ2) is 7.01. The van der Waals surface area contributed by atoms with E-state index in [4.69, 9.17) is 25.7 Å². The van der Waals surface area contributed by atoms with Crippen LogP contribution in [0.4, 0.5) is 11.5 Å². The van der Waals surface area contributed by atoms with Crippen molar-refractivity contribution in [3.8, 4) is 28.7 Å². The van der Waals surface area contributed by atoms with Crippen molar-refractivity contribution in [2.75, 3.05) is 32.8 Å². The number of carbonyl (C=O) groups excluding carboxylic acids is 1. The number of H-pyrrole nitrogens is 1. The molecule has 8 nitrogen and oxygen atoms in total. The molecule has 138 valence electrons. The number of pyridine rings is 1. The van der Waals surface area contributed by atoms with Gasteiger partial charge in [0.15, 0.2) is 16.3 Å². The van der Waals surface area contributed by atoms with Gasteiger partial charge in [-0.3, -0.25) is 5.73 Å². The molecule has 0 radical (unpaired) electrons. The first-order valence-corrected chi connectivity index (χ1v) is 8.55. The van der Waals surface area contributed by atoms with Crippen LogP contribution in [0, 0.1) is 11.3 Å². The Balaban J connectivity index is 2.42. The van der Waals surface area contributed by atoms with Crippen molar-refractivity contribution in [2.45, 2.75) is 0 Å². The van der Waals surface area contributed by atoms with Gasteiger partial charge in [-0.25, -0.2) is 9.78 Å². The van der Waals surface area contributed by atoms with Crippen molar-refractivity contribution in [2.24, 2.45) is 0 Å². The van der Waals surface area contributed by atoms with Gasteiger partial charge in [0.1, 0.15) is 16.5 Å². The number of thiophene rings is 1. The summed E-state index contributed by atoms with van der Waals surface area (Å²) in [5.74, 6) is 0.644. The Labute approximate surface area is 158 Å². The van der Waals surface area contributed by atoms with Gasteiger partial charge in [-0.1, -0.05) is 17.4 Å². The van der Waals surface area contributed by atoms with Gasteiger partial charge in [0, 0.05) is 5.56 Å². The fourth-order valence-electron chi connectivity index (χ4n) is 2.87. The standard InChI is InChI=1S/C18H16N4O4S/c1-24-10-5-4-8(6-11(10)25-2)12-9(7-19)16(21)22-17-13(12)14(20)15(27-17)18(23)26-3/h4-6H,20H2,1-3H3,(H2,21,22)/p+1. The summed E-state index contributed by atoms with van der Waals surface area (Å²) < 4.78 is 15.4. The molecule has 9 heteroatoms. The summed E-state index contributed by atoms with van der Waals surface area (Å²) in [6.45, 7) is 0. The Bertz CT molecular complexity index is 1100. The number of hydrogen-bond donors (Lipinski definition) is 2. The van der Waals surface area contributed by atoms with E-state index >= 15 is 0 Å². The lowest BCUT2D eigenvalue weighted by atomic mass is 9.97. The van der Waals surface area contributed by atoms with E-state index < -0.39 is 5.97 Å². The highest BCUT2D eigenvalue weighted by molar-refractivity contribution is 7.20. The van der Waals surface area contributed by atoms with Gasteiger partial charge in [0.25, 0.3) is 5.82 Å². The Morgan fingerprint density at radius 1 is 1.19 bits per heavy atom. The normalized spacial score (nSPS) is 10.4. The molecule has 5 N–H and O–H groups in total. The molecule has 0 aliphatic rings. The van der Waals surface area contributed by atoms with Gasteiger partial charge < -0.3 is 19.9 Å². The number of ether oxygens (including phenoxy) is 3. The number of aromatic nitrogens is 1. The second-order valence-electron chi connectivity index (χ2n) is 5.51. The van der Waals surface area contributed by atoms with Crippen molar-refractivity contribution < 1.29 is 24.0 Å². The molecule has 2 heterocycles. The summed E-state index contributed by atoms with van der Waals surface area (Å²) >= 11 is 1.12. The molecule has 0 aliphatic heterocycles. The lowest BCUT2D eigenvalue weighted by Crippen LogP contribution is -2.13. The highest BCUT2D eigenvalue weighted by Crippen LogP contribution is 2.43. The lowest BCUT2D eigenvalue weighted by molar-refractivity contribution is -0.323. The van der Waals surface area contributed by atoms with Gasteiger partial charge in [-0.2, -0.15) is 5.26 Å². The monoisotopic (exact) mass is 385 g/mol. The average molecular weight is 385 g/mol. The zero-order valence-electron chi connectivity index (χ0n) is 14.9. The minimum Gasteiger partial charge on any atom is -0.493 e. The van der Waals surface area contributed by atoms with Crippen LogP contribution in [0.5, 0.6) is 11.5 Å². The molecule has 0 fully saturated rings. The molecular formula is C18H17N4O4S+. The van der Waals surface area contributed by atoms with Crippen LogP contribution in [0.3, 0.4) is 0 Å². The van der Waals surface area contributed by atoms with Crippen LogP contribution in [0.1, 0.15) is 15.2 Å². The van der Waals surface area contributed by atoms with E-state index in [1.54, 1.807) is 18.2 Å². The molecule has 0 spiro atoms. The summed E-state index contributed by atoms with van der Waals surface area (Å²) in [6, 6.07) is 7.32. The number of nitriles is 1. The SMILES string of the molecule is COC(=O)c1sc2[nH+]c(N)c(C#N)c(-c3ccc(OC)c(OC)c3)c2c1N. The number of nitrogen functional groups attached to an aromatic ring is 2. The number of anilines is 2. The second-order valence-corrected chi connectivity index (χ2v) is 6.53. The third-order valence-electron chi connectivity index (χ3n) is 4.12. The topological polar surface area (TPSA) is 135 Å². The molecule has 2 aromatic heterocycles. The van der Waals surface area contributed by atoms with Crippen LogP contribution in [0.25, 0.3) is 21.3 Å². The molecule has 1 aromatic carbocycles. The van der Waals surface area contributed by atoms with Crippen molar-refractivity contribution in [1.29, 1.82) is 5.26 Å². The van der Waals surface area contributed by atoms with Gasteiger partial charge in [0.2, 0.25) is 0 Å². The van der Waals surface area contributed by atoms with Crippen molar-refractivity contribution >= 4 is 39.0 Å². The molecule has 0 amide bonds. The van der Waals surface area contributed by atoms with E-state index in [-0.39, 0.29) is 21.9 Å². The maximum atomic E-state index is 12.0. The number of nitrogens with two attached hydrogens (primary N) is 2. The van der Waals surface area contributed by atoms with Crippen LogP contribution in [0.15, 0.2) is 18.2 Å². The third kappa shape index (κ3) is 2.86. The Morgan fingerprint density at radius 3 is 2.48 bits per heavy atom. The molecule has 27 heavy (non-hydrogen) atoms. The smallest absolute Gasteiger partial charge is 0.350 e. The first-order chi connectivity index (χ1) is 13.0. The number of rotatable bonds is 4. The highest BCUT2D eigenvalue weighted by Gasteiger charge is 2.27. The van der Waals surface area contributed by atoms with Gasteiger partial charge in [0.05, 0.1) is 32.4 Å². The third-order valence-corrected chi connectivity index (χ3v) is 5.22. The number of fused-ring (bicyclic) bond motifs is 1. The Morgan fingerprint density at radius 2 is 1.89 bits per heavy atom. The van der Waals surface area contributed by atoms with E-state index in [1.165, 1.54) is 21.3 Å². The minimum absolute atomic E-state index is 0.174. The van der Waals surface area contributed by atoms with Crippen molar-refractivity contribution in [3.05, 3.63) is 28.6 Å². The Kier molecular flexibility index (Phi) is 4.75. The summed E-state index contributed by atoms with van der Waals surface area (Å²) in [4.78, 5) is 15.8. The maximum absolute atomic E-state index is 12.0. The van der Waals surface area contributed by atoms with E-state index in [2.05, 4.69) is 11.1 Å². The van der Waals surface area contributed by atoms with Gasteiger partial charge in [-0.15, -0.1) is 0 Å². The van der Waals surface area contributed by atoms with Gasteiger partial charge >= 0.3 is 5.97 Å². The number of benzene rings is 1. The summed E-state index contributed by atoms with van der Waals surface area (Å²) in [6.07, 6.45) is 0. The van der Waals surface area contributed by atoms with Crippen LogP contribution in [0.2, 0.25) is 0 Å². The van der Waals surface area contributed by atoms with Crippen LogP contribution in [-0.2, 0) is 4.74 Å². The maximum Gasteiger partial charge on any atom is 0.350 e. The number of carbonyl (C=O) groups is 1. The average Bonchev–Trinajstić information content (AvgIpc) is 3.01. The molecule has 3 aromatic rings. The first kappa shape index (κ1) is 18.3. The molecule has 0 unspecified atom stereocenters. The van der Waals surface area contributed by atoms with E-state index in [0.29, 0.717) is 32.8 Å². The number of esters is 1. The number of aromatic amines is 1. The fraction of sp³-hybridized carbons (Fsp3) is 0.167. The zero-order valence-corrected chi connectivity index (χ0v) is 15.7. The summed E-state index contributed by atoms with van der Waals surface area (Å²) in [5.41, 5.74) is 13.9. The zero-order chi connectivity index (χ0) is 19.7. The largest absolute Gasteiger partial charge is 0.493 e.